The average Bonchev–Trinajstić information content (AvgIpc) is 3.22. The van der Waals surface area contributed by atoms with Crippen molar-refractivity contribution in [3.05, 3.63) is 41.3 Å². The molecule has 0 saturated carbocycles. The second kappa shape index (κ2) is 10.8. The number of aliphatic carboxylic acids is 1. The van der Waals surface area contributed by atoms with E-state index in [0.29, 0.717) is 13.0 Å². The summed E-state index contributed by atoms with van der Waals surface area (Å²) in [6, 6.07) is 5.72. The van der Waals surface area contributed by atoms with E-state index in [0.717, 1.165) is 63.0 Å². The van der Waals surface area contributed by atoms with Crippen LogP contribution in [0.1, 0.15) is 61.9 Å². The van der Waals surface area contributed by atoms with Crippen LogP contribution >= 0.6 is 0 Å². The first-order valence-corrected chi connectivity index (χ1v) is 10.4. The summed E-state index contributed by atoms with van der Waals surface area (Å²) in [5.41, 5.74) is 3.41. The molecule has 0 radical (unpaired) electrons. The lowest BCUT2D eigenvalue weighted by molar-refractivity contribution is -0.139. The largest absolute Gasteiger partial charge is 0.480 e. The van der Waals surface area contributed by atoms with Gasteiger partial charge in [0.1, 0.15) is 11.9 Å². The summed E-state index contributed by atoms with van der Waals surface area (Å²) in [7, 11) is 0. The van der Waals surface area contributed by atoms with Gasteiger partial charge in [-0.25, -0.2) is 4.98 Å². The molecule has 0 saturated heterocycles. The number of rotatable bonds is 12. The molecule has 0 aliphatic carbocycles. The smallest absolute Gasteiger partial charge is 0.320 e. The van der Waals surface area contributed by atoms with Gasteiger partial charge in [0.25, 0.3) is 0 Å². The molecule has 1 aliphatic heterocycles. The van der Waals surface area contributed by atoms with Crippen molar-refractivity contribution in [2.75, 3.05) is 11.9 Å². The molecule has 2 aromatic rings. The Labute approximate surface area is 166 Å². The Kier molecular flexibility index (Phi) is 7.84. The number of pyridine rings is 1. The highest BCUT2D eigenvalue weighted by Crippen LogP contribution is 2.20. The van der Waals surface area contributed by atoms with Crippen LogP contribution in [0.4, 0.5) is 5.82 Å². The number of hydrogen-bond acceptors (Lipinski definition) is 5. The Morgan fingerprint density at radius 1 is 1.18 bits per heavy atom. The topological polar surface area (TPSA) is 103 Å². The number of nitrogens with zero attached hydrogens (tertiary/aromatic N) is 2. The zero-order chi connectivity index (χ0) is 19.6. The minimum atomic E-state index is -0.786. The molecule has 0 bridgehead atoms. The van der Waals surface area contributed by atoms with Crippen molar-refractivity contribution >= 4 is 11.8 Å². The predicted octanol–water partition coefficient (Wildman–Crippen LogP) is 3.29. The lowest BCUT2D eigenvalue weighted by Crippen LogP contribution is -2.36. The highest BCUT2D eigenvalue weighted by atomic mass is 16.4. The predicted molar refractivity (Wildman–Crippen MR) is 109 cm³/mol. The first kappa shape index (κ1) is 20.3. The van der Waals surface area contributed by atoms with Crippen molar-refractivity contribution in [3.63, 3.8) is 0 Å². The summed E-state index contributed by atoms with van der Waals surface area (Å²) in [5.74, 6) is 0.290. The number of aryl methyl sites for hydroxylation is 2. The molecule has 3 heterocycles. The number of aromatic nitrogens is 3. The molecule has 0 aromatic carbocycles. The summed E-state index contributed by atoms with van der Waals surface area (Å²) < 4.78 is 0. The molecular formula is C21H31N5O2. The molecule has 2 aromatic heterocycles. The maximum absolute atomic E-state index is 11.4. The zero-order valence-corrected chi connectivity index (χ0v) is 16.4. The van der Waals surface area contributed by atoms with E-state index in [2.05, 4.69) is 33.0 Å². The maximum atomic E-state index is 11.4. The van der Waals surface area contributed by atoms with Crippen molar-refractivity contribution in [1.82, 2.24) is 20.5 Å². The standard InChI is InChI=1S/C21H31N5O2/c27-21(28)19(23-15-18-12-14-24-26-18)9-5-3-1-2-4-8-17-11-10-16-7-6-13-22-20(16)25-17/h10-12,14,19,23H,1-9,13,15H2,(H,22,25)(H,24,26)(H,27,28). The fourth-order valence-electron chi connectivity index (χ4n) is 3.62. The number of anilines is 1. The summed E-state index contributed by atoms with van der Waals surface area (Å²) in [6.07, 6.45) is 11.1. The molecule has 28 heavy (non-hydrogen) atoms. The number of carboxylic acid groups (broad SMARTS) is 1. The van der Waals surface area contributed by atoms with E-state index in [-0.39, 0.29) is 0 Å². The van der Waals surface area contributed by atoms with Crippen molar-refractivity contribution in [1.29, 1.82) is 0 Å². The molecule has 3 rings (SSSR count). The Balaban J connectivity index is 1.27. The van der Waals surface area contributed by atoms with Crippen LogP contribution in [0, 0.1) is 0 Å². The number of unbranched alkanes of at least 4 members (excludes halogenated alkanes) is 4. The van der Waals surface area contributed by atoms with Gasteiger partial charge in [0.2, 0.25) is 0 Å². The number of hydrogen-bond donors (Lipinski definition) is 4. The molecule has 0 spiro atoms. The van der Waals surface area contributed by atoms with Gasteiger partial charge in [-0.2, -0.15) is 5.10 Å². The van der Waals surface area contributed by atoms with Crippen LogP contribution in [0.2, 0.25) is 0 Å². The number of carbonyl (C=O) groups is 1. The molecule has 4 N–H and O–H groups in total. The molecule has 0 amide bonds. The lowest BCUT2D eigenvalue weighted by atomic mass is 10.0. The van der Waals surface area contributed by atoms with Gasteiger partial charge < -0.3 is 10.4 Å². The zero-order valence-electron chi connectivity index (χ0n) is 16.4. The van der Waals surface area contributed by atoms with Gasteiger partial charge in [0.05, 0.1) is 0 Å². The van der Waals surface area contributed by atoms with Gasteiger partial charge in [-0.05, 0) is 49.8 Å². The maximum Gasteiger partial charge on any atom is 0.320 e. The first-order valence-electron chi connectivity index (χ1n) is 10.4. The Bertz CT molecular complexity index is 732. The van der Waals surface area contributed by atoms with Crippen LogP contribution in [0.5, 0.6) is 0 Å². The minimum Gasteiger partial charge on any atom is -0.480 e. The number of carboxylic acids is 1. The Hall–Kier alpha value is -2.41. The molecule has 7 nitrogen and oxygen atoms in total. The average molecular weight is 386 g/mol. The van der Waals surface area contributed by atoms with Crippen LogP contribution in [0.25, 0.3) is 0 Å². The van der Waals surface area contributed by atoms with Crippen LogP contribution in [0.3, 0.4) is 0 Å². The van der Waals surface area contributed by atoms with E-state index in [1.807, 2.05) is 6.07 Å². The van der Waals surface area contributed by atoms with E-state index < -0.39 is 12.0 Å². The summed E-state index contributed by atoms with van der Waals surface area (Å²) in [5, 5.41) is 22.5. The van der Waals surface area contributed by atoms with Crippen molar-refractivity contribution < 1.29 is 9.90 Å². The van der Waals surface area contributed by atoms with Gasteiger partial charge in [0.15, 0.2) is 0 Å². The van der Waals surface area contributed by atoms with Crippen LogP contribution in [0.15, 0.2) is 24.4 Å². The number of fused-ring (bicyclic) bond motifs is 1. The van der Waals surface area contributed by atoms with Crippen LogP contribution in [-0.2, 0) is 24.2 Å². The highest BCUT2D eigenvalue weighted by Gasteiger charge is 2.16. The number of H-pyrrole nitrogens is 1. The SMILES string of the molecule is O=C(O)C(CCCCCCCc1ccc2c(n1)NCCC2)NCc1ccn[nH]1. The van der Waals surface area contributed by atoms with E-state index in [1.54, 1.807) is 6.20 Å². The number of nitrogens with one attached hydrogen (secondary N) is 3. The summed E-state index contributed by atoms with van der Waals surface area (Å²) in [4.78, 5) is 16.1. The fourth-order valence-corrected chi connectivity index (χ4v) is 3.62. The Morgan fingerprint density at radius 3 is 2.86 bits per heavy atom. The third kappa shape index (κ3) is 6.34. The van der Waals surface area contributed by atoms with Gasteiger partial charge in [-0.1, -0.05) is 31.7 Å². The number of aromatic amines is 1. The second-order valence-electron chi connectivity index (χ2n) is 7.50. The first-order chi connectivity index (χ1) is 13.7. The van der Waals surface area contributed by atoms with E-state index >= 15 is 0 Å². The van der Waals surface area contributed by atoms with Gasteiger partial charge in [-0.15, -0.1) is 0 Å². The molecule has 152 valence electrons. The van der Waals surface area contributed by atoms with Crippen molar-refractivity contribution in [3.8, 4) is 0 Å². The van der Waals surface area contributed by atoms with Crippen LogP contribution < -0.4 is 10.6 Å². The minimum absolute atomic E-state index is 0.500. The van der Waals surface area contributed by atoms with Gasteiger partial charge in [-0.3, -0.25) is 15.2 Å². The monoisotopic (exact) mass is 385 g/mol. The summed E-state index contributed by atoms with van der Waals surface area (Å²) >= 11 is 0. The third-order valence-corrected chi connectivity index (χ3v) is 5.27. The van der Waals surface area contributed by atoms with E-state index in [9.17, 15) is 9.90 Å². The lowest BCUT2D eigenvalue weighted by Gasteiger charge is -2.17. The summed E-state index contributed by atoms with van der Waals surface area (Å²) in [6.45, 7) is 1.52. The second-order valence-corrected chi connectivity index (χ2v) is 7.50. The fraction of sp³-hybridized carbons (Fsp3) is 0.571. The van der Waals surface area contributed by atoms with Crippen LogP contribution in [-0.4, -0.2) is 38.8 Å². The molecule has 1 unspecified atom stereocenters. The highest BCUT2D eigenvalue weighted by molar-refractivity contribution is 5.73. The Morgan fingerprint density at radius 2 is 2.04 bits per heavy atom. The quantitative estimate of drug-likeness (QED) is 0.418. The third-order valence-electron chi connectivity index (χ3n) is 5.27. The van der Waals surface area contributed by atoms with Gasteiger partial charge >= 0.3 is 5.97 Å². The van der Waals surface area contributed by atoms with E-state index in [4.69, 9.17) is 4.98 Å². The van der Waals surface area contributed by atoms with Gasteiger partial charge in [0, 0.05) is 30.7 Å². The van der Waals surface area contributed by atoms with Crippen molar-refractivity contribution in [2.24, 2.45) is 0 Å². The normalized spacial score (nSPS) is 14.3. The molecule has 1 aliphatic rings. The molecule has 1 atom stereocenters. The van der Waals surface area contributed by atoms with Crippen molar-refractivity contribution in [2.45, 2.75) is 70.4 Å². The van der Waals surface area contributed by atoms with E-state index in [1.165, 1.54) is 17.7 Å². The molecule has 0 fully saturated rings. The molecular weight excluding hydrogens is 354 g/mol. The molecule has 7 heteroatoms.